The third kappa shape index (κ3) is 2.45. The predicted molar refractivity (Wildman–Crippen MR) is 54.2 cm³/mol. The molecule has 0 aromatic heterocycles. The van der Waals surface area contributed by atoms with Gasteiger partial charge >= 0.3 is 0 Å². The maximum atomic E-state index is 5.61. The molecule has 0 aromatic carbocycles. The zero-order valence-electron chi connectivity index (χ0n) is 8.87. The molecule has 2 rings (SSSR count). The Hall–Kier alpha value is -0.160. The summed E-state index contributed by atoms with van der Waals surface area (Å²) in [5.41, 5.74) is 0. The molecule has 4 heteroatoms. The Bertz CT molecular complexity index is 164. The molecule has 0 saturated carbocycles. The van der Waals surface area contributed by atoms with Crippen molar-refractivity contribution in [3.05, 3.63) is 0 Å². The van der Waals surface area contributed by atoms with Gasteiger partial charge in [0.05, 0.1) is 19.3 Å². The Morgan fingerprint density at radius 3 is 2.43 bits per heavy atom. The summed E-state index contributed by atoms with van der Waals surface area (Å²) in [7, 11) is 0. The molecular formula is C10H20N2O2. The molecule has 0 unspecified atom stereocenters. The molecule has 0 aromatic rings. The molecule has 2 aliphatic heterocycles. The Kier molecular flexibility index (Phi) is 3.75. The number of nitrogens with zero attached hydrogens (tertiary/aromatic N) is 1. The van der Waals surface area contributed by atoms with E-state index in [4.69, 9.17) is 9.47 Å². The fourth-order valence-corrected chi connectivity index (χ4v) is 2.03. The van der Waals surface area contributed by atoms with E-state index < -0.39 is 0 Å². The average Bonchev–Trinajstić information content (AvgIpc) is 2.30. The summed E-state index contributed by atoms with van der Waals surface area (Å²) in [4.78, 5) is 2.46. The van der Waals surface area contributed by atoms with Crippen molar-refractivity contribution in [1.29, 1.82) is 0 Å². The quantitative estimate of drug-likeness (QED) is 0.682. The normalized spacial score (nSPS) is 35.8. The molecule has 2 fully saturated rings. The van der Waals surface area contributed by atoms with Crippen LogP contribution in [-0.4, -0.2) is 56.6 Å². The first-order valence-corrected chi connectivity index (χ1v) is 5.58. The summed E-state index contributed by atoms with van der Waals surface area (Å²) in [6.07, 6.45) is 0.989. The fourth-order valence-electron chi connectivity index (χ4n) is 2.03. The lowest BCUT2D eigenvalue weighted by atomic mass is 10.2. The minimum absolute atomic E-state index is 0.0363. The van der Waals surface area contributed by atoms with Crippen LogP contribution >= 0.6 is 0 Å². The fraction of sp³-hybridized carbons (Fsp3) is 1.00. The summed E-state index contributed by atoms with van der Waals surface area (Å²) in [5, 5.41) is 3.35. The average molecular weight is 200 g/mol. The Morgan fingerprint density at radius 2 is 1.86 bits per heavy atom. The second-order valence-electron chi connectivity index (χ2n) is 3.94. The molecule has 0 bridgehead atoms. The van der Waals surface area contributed by atoms with Gasteiger partial charge in [-0.3, -0.25) is 4.90 Å². The minimum Gasteiger partial charge on any atom is -0.351 e. The van der Waals surface area contributed by atoms with Gasteiger partial charge in [0, 0.05) is 26.2 Å². The highest BCUT2D eigenvalue weighted by atomic mass is 16.7. The van der Waals surface area contributed by atoms with Crippen LogP contribution in [0.2, 0.25) is 0 Å². The van der Waals surface area contributed by atoms with E-state index in [0.29, 0.717) is 6.04 Å². The van der Waals surface area contributed by atoms with Crippen LogP contribution < -0.4 is 5.32 Å². The third-order valence-corrected chi connectivity index (χ3v) is 2.95. The van der Waals surface area contributed by atoms with Crippen molar-refractivity contribution in [3.8, 4) is 0 Å². The number of hydrogen-bond acceptors (Lipinski definition) is 4. The second kappa shape index (κ2) is 5.07. The predicted octanol–water partition coefficient (Wildman–Crippen LogP) is 0.0431. The molecular weight excluding hydrogens is 180 g/mol. The van der Waals surface area contributed by atoms with Crippen LogP contribution in [0.15, 0.2) is 0 Å². The number of rotatable bonds is 2. The maximum Gasteiger partial charge on any atom is 0.157 e. The van der Waals surface area contributed by atoms with Gasteiger partial charge in [-0.1, -0.05) is 6.92 Å². The van der Waals surface area contributed by atoms with Crippen LogP contribution in [-0.2, 0) is 9.47 Å². The Labute approximate surface area is 85.5 Å². The van der Waals surface area contributed by atoms with E-state index in [2.05, 4.69) is 17.1 Å². The highest BCUT2D eigenvalue weighted by Gasteiger charge is 2.26. The van der Waals surface area contributed by atoms with E-state index in [1.165, 1.54) is 0 Å². The maximum absolute atomic E-state index is 5.61. The largest absolute Gasteiger partial charge is 0.351 e. The van der Waals surface area contributed by atoms with Crippen molar-refractivity contribution in [2.24, 2.45) is 0 Å². The van der Waals surface area contributed by atoms with Crippen LogP contribution in [0.25, 0.3) is 0 Å². The van der Waals surface area contributed by atoms with Gasteiger partial charge < -0.3 is 14.8 Å². The topological polar surface area (TPSA) is 33.7 Å². The zero-order chi connectivity index (χ0) is 9.80. The number of piperazine rings is 1. The summed E-state index contributed by atoms with van der Waals surface area (Å²) < 4.78 is 11.2. The minimum atomic E-state index is 0.0363. The molecule has 82 valence electrons. The molecule has 0 amide bonds. The van der Waals surface area contributed by atoms with Gasteiger partial charge in [0.15, 0.2) is 6.29 Å². The van der Waals surface area contributed by atoms with Crippen molar-refractivity contribution < 1.29 is 9.47 Å². The van der Waals surface area contributed by atoms with Crippen LogP contribution in [0.4, 0.5) is 0 Å². The lowest BCUT2D eigenvalue weighted by Crippen LogP contribution is -2.54. The number of hydrogen-bond donors (Lipinski definition) is 1. The zero-order valence-corrected chi connectivity index (χ0v) is 8.87. The van der Waals surface area contributed by atoms with E-state index in [0.717, 1.165) is 45.8 Å². The van der Waals surface area contributed by atoms with Gasteiger partial charge in [-0.25, -0.2) is 0 Å². The first kappa shape index (κ1) is 10.4. The highest BCUT2D eigenvalue weighted by molar-refractivity contribution is 4.78. The monoisotopic (exact) mass is 200 g/mol. The van der Waals surface area contributed by atoms with E-state index >= 15 is 0 Å². The van der Waals surface area contributed by atoms with Gasteiger partial charge in [0.25, 0.3) is 0 Å². The van der Waals surface area contributed by atoms with Gasteiger partial charge in [0.2, 0.25) is 0 Å². The molecule has 4 nitrogen and oxygen atoms in total. The van der Waals surface area contributed by atoms with E-state index in [1.54, 1.807) is 0 Å². The molecule has 1 N–H and O–H groups in total. The Balaban J connectivity index is 1.76. The van der Waals surface area contributed by atoms with Gasteiger partial charge in [-0.15, -0.1) is 0 Å². The van der Waals surface area contributed by atoms with Crippen LogP contribution in [0.3, 0.4) is 0 Å². The molecule has 2 saturated heterocycles. The molecule has 0 atom stereocenters. The standard InChI is InChI=1S/C10H20N2O2/c1-2-10-13-7-9(8-14-10)12-5-3-11-4-6-12/h9-11H,2-8H2,1H3. The lowest BCUT2D eigenvalue weighted by molar-refractivity contribution is -0.205. The van der Waals surface area contributed by atoms with Crippen molar-refractivity contribution in [2.45, 2.75) is 25.7 Å². The van der Waals surface area contributed by atoms with E-state index in [-0.39, 0.29) is 6.29 Å². The molecule has 14 heavy (non-hydrogen) atoms. The third-order valence-electron chi connectivity index (χ3n) is 2.95. The lowest BCUT2D eigenvalue weighted by Gasteiger charge is -2.38. The van der Waals surface area contributed by atoms with Crippen molar-refractivity contribution in [2.75, 3.05) is 39.4 Å². The molecule has 2 aliphatic rings. The molecule has 0 spiro atoms. The summed E-state index contributed by atoms with van der Waals surface area (Å²) in [6.45, 7) is 8.18. The van der Waals surface area contributed by atoms with Crippen molar-refractivity contribution in [1.82, 2.24) is 10.2 Å². The first-order chi connectivity index (χ1) is 6.90. The van der Waals surface area contributed by atoms with Gasteiger partial charge in [0.1, 0.15) is 0 Å². The van der Waals surface area contributed by atoms with Crippen LogP contribution in [0.1, 0.15) is 13.3 Å². The summed E-state index contributed by atoms with van der Waals surface area (Å²) >= 11 is 0. The smallest absolute Gasteiger partial charge is 0.157 e. The van der Waals surface area contributed by atoms with Gasteiger partial charge in [-0.2, -0.15) is 0 Å². The first-order valence-electron chi connectivity index (χ1n) is 5.58. The van der Waals surface area contributed by atoms with Crippen molar-refractivity contribution in [3.63, 3.8) is 0 Å². The SMILES string of the molecule is CCC1OCC(N2CCNCC2)CO1. The number of ether oxygens (including phenoxy) is 2. The second-order valence-corrected chi connectivity index (χ2v) is 3.94. The Morgan fingerprint density at radius 1 is 1.21 bits per heavy atom. The summed E-state index contributed by atoms with van der Waals surface area (Å²) in [5.74, 6) is 0. The highest BCUT2D eigenvalue weighted by Crippen LogP contribution is 2.13. The van der Waals surface area contributed by atoms with Crippen LogP contribution in [0, 0.1) is 0 Å². The molecule has 0 radical (unpaired) electrons. The van der Waals surface area contributed by atoms with Gasteiger partial charge in [-0.05, 0) is 6.42 Å². The van der Waals surface area contributed by atoms with E-state index in [1.807, 2.05) is 0 Å². The van der Waals surface area contributed by atoms with E-state index in [9.17, 15) is 0 Å². The van der Waals surface area contributed by atoms with Crippen LogP contribution in [0.5, 0.6) is 0 Å². The molecule has 2 heterocycles. The number of nitrogens with one attached hydrogen (secondary N) is 1. The van der Waals surface area contributed by atoms with Crippen molar-refractivity contribution >= 4 is 0 Å². The molecule has 0 aliphatic carbocycles. The summed E-state index contributed by atoms with van der Waals surface area (Å²) in [6, 6.07) is 0.472.